The Balaban J connectivity index is 1.76. The van der Waals surface area contributed by atoms with Crippen molar-refractivity contribution in [2.24, 2.45) is 5.92 Å². The molecule has 0 spiro atoms. The van der Waals surface area contributed by atoms with Gasteiger partial charge in [-0.2, -0.15) is 0 Å². The third kappa shape index (κ3) is 4.13. The van der Waals surface area contributed by atoms with Crippen LogP contribution in [-0.2, 0) is 4.79 Å². The molecule has 1 amide bonds. The lowest BCUT2D eigenvalue weighted by molar-refractivity contribution is -0.128. The van der Waals surface area contributed by atoms with Crippen molar-refractivity contribution in [2.45, 2.75) is 23.8 Å². The lowest BCUT2D eigenvalue weighted by atomic mass is 9.82. The van der Waals surface area contributed by atoms with Gasteiger partial charge in [0.15, 0.2) is 0 Å². The summed E-state index contributed by atoms with van der Waals surface area (Å²) >= 11 is 7.51. The van der Waals surface area contributed by atoms with Crippen molar-refractivity contribution in [3.63, 3.8) is 0 Å². The number of carbonyl (C=O) groups excluding carboxylic acids is 1. The second-order valence-corrected chi connectivity index (χ2v) is 6.41. The van der Waals surface area contributed by atoms with Gasteiger partial charge in [0.05, 0.1) is 16.9 Å². The molecule has 0 aromatic heterocycles. The Labute approximate surface area is 122 Å². The van der Waals surface area contributed by atoms with Gasteiger partial charge in [-0.1, -0.05) is 23.7 Å². The summed E-state index contributed by atoms with van der Waals surface area (Å²) < 4.78 is 0. The average molecular weight is 300 g/mol. The van der Waals surface area contributed by atoms with Gasteiger partial charge in [-0.15, -0.1) is 11.8 Å². The molecule has 1 saturated carbocycles. The summed E-state index contributed by atoms with van der Waals surface area (Å²) in [4.78, 5) is 14.7. The van der Waals surface area contributed by atoms with Gasteiger partial charge in [-0.05, 0) is 30.9 Å². The first-order valence-corrected chi connectivity index (χ1v) is 7.72. The fourth-order valence-corrected chi connectivity index (χ4v) is 3.33. The highest BCUT2D eigenvalue weighted by Crippen LogP contribution is 2.29. The molecule has 0 heterocycles. The third-order valence-corrected chi connectivity index (χ3v) is 4.86. The molecule has 1 N–H and O–H groups in total. The van der Waals surface area contributed by atoms with Crippen molar-refractivity contribution in [1.29, 1.82) is 0 Å². The Kier molecular flexibility index (Phi) is 5.13. The van der Waals surface area contributed by atoms with Crippen molar-refractivity contribution >= 4 is 29.3 Å². The van der Waals surface area contributed by atoms with Crippen molar-refractivity contribution in [1.82, 2.24) is 4.90 Å². The molecule has 1 aliphatic carbocycles. The fourth-order valence-electron chi connectivity index (χ4n) is 2.15. The van der Waals surface area contributed by atoms with Crippen LogP contribution in [-0.4, -0.2) is 41.4 Å². The van der Waals surface area contributed by atoms with Crippen molar-refractivity contribution in [2.75, 3.05) is 19.3 Å². The maximum Gasteiger partial charge on any atom is 0.232 e. The van der Waals surface area contributed by atoms with E-state index in [0.717, 1.165) is 24.3 Å². The van der Waals surface area contributed by atoms with E-state index in [1.807, 2.05) is 31.3 Å². The maximum atomic E-state index is 12.0. The van der Waals surface area contributed by atoms with E-state index in [0.29, 0.717) is 16.7 Å². The van der Waals surface area contributed by atoms with E-state index in [1.54, 1.807) is 4.90 Å². The van der Waals surface area contributed by atoms with Crippen LogP contribution < -0.4 is 0 Å². The number of aliphatic hydroxyl groups is 1. The Morgan fingerprint density at radius 1 is 1.47 bits per heavy atom. The Bertz CT molecular complexity index is 449. The Morgan fingerprint density at radius 3 is 2.79 bits per heavy atom. The molecule has 0 bridgehead atoms. The van der Waals surface area contributed by atoms with E-state index in [4.69, 9.17) is 11.6 Å². The highest BCUT2D eigenvalue weighted by molar-refractivity contribution is 8.00. The first-order valence-electron chi connectivity index (χ1n) is 6.35. The molecule has 1 aliphatic rings. The Hall–Kier alpha value is -0.710. The van der Waals surface area contributed by atoms with Gasteiger partial charge in [0.25, 0.3) is 0 Å². The number of hydrogen-bond donors (Lipinski definition) is 1. The molecule has 5 heteroatoms. The zero-order valence-electron chi connectivity index (χ0n) is 10.9. The lowest BCUT2D eigenvalue weighted by Crippen LogP contribution is -2.40. The summed E-state index contributed by atoms with van der Waals surface area (Å²) in [5, 5.41) is 9.92. The summed E-state index contributed by atoms with van der Waals surface area (Å²) in [7, 11) is 1.82. The number of hydrogen-bond acceptors (Lipinski definition) is 3. The molecule has 19 heavy (non-hydrogen) atoms. The highest BCUT2D eigenvalue weighted by atomic mass is 35.5. The molecule has 0 radical (unpaired) electrons. The molecule has 104 valence electrons. The van der Waals surface area contributed by atoms with E-state index in [2.05, 4.69) is 0 Å². The SMILES string of the molecule is CN(CC1CC(O)C1)C(=O)CSc1ccccc1Cl. The number of benzene rings is 1. The lowest BCUT2D eigenvalue weighted by Gasteiger charge is -2.34. The molecule has 0 atom stereocenters. The molecule has 1 aromatic rings. The van der Waals surface area contributed by atoms with E-state index < -0.39 is 0 Å². The number of halogens is 1. The van der Waals surface area contributed by atoms with Gasteiger partial charge in [-0.3, -0.25) is 4.79 Å². The van der Waals surface area contributed by atoms with E-state index >= 15 is 0 Å². The van der Waals surface area contributed by atoms with E-state index in [9.17, 15) is 9.90 Å². The average Bonchev–Trinajstić information content (AvgIpc) is 2.35. The standard InChI is InChI=1S/C14H18ClNO2S/c1-16(8-10-6-11(17)7-10)14(18)9-19-13-5-3-2-4-12(13)15/h2-5,10-11,17H,6-9H2,1H3. The summed E-state index contributed by atoms with van der Waals surface area (Å²) in [6.07, 6.45) is 1.47. The van der Waals surface area contributed by atoms with Crippen LogP contribution in [0.2, 0.25) is 5.02 Å². The number of nitrogens with zero attached hydrogens (tertiary/aromatic N) is 1. The van der Waals surface area contributed by atoms with Gasteiger partial charge < -0.3 is 10.0 Å². The predicted octanol–water partition coefficient (Wildman–Crippen LogP) is 2.66. The van der Waals surface area contributed by atoms with Gasteiger partial charge in [-0.25, -0.2) is 0 Å². The second-order valence-electron chi connectivity index (χ2n) is 4.98. The summed E-state index contributed by atoms with van der Waals surface area (Å²) in [5.74, 6) is 0.954. The highest BCUT2D eigenvalue weighted by Gasteiger charge is 2.28. The summed E-state index contributed by atoms with van der Waals surface area (Å²) in [5.41, 5.74) is 0. The molecule has 1 fully saturated rings. The smallest absolute Gasteiger partial charge is 0.232 e. The molecular formula is C14H18ClNO2S. The topological polar surface area (TPSA) is 40.5 Å². The van der Waals surface area contributed by atoms with E-state index in [1.165, 1.54) is 11.8 Å². The summed E-state index contributed by atoms with van der Waals surface area (Å²) in [6, 6.07) is 7.54. The normalized spacial score (nSPS) is 21.8. The van der Waals surface area contributed by atoms with Crippen LogP contribution in [0.15, 0.2) is 29.2 Å². The van der Waals surface area contributed by atoms with Gasteiger partial charge in [0, 0.05) is 18.5 Å². The first-order chi connectivity index (χ1) is 9.06. The summed E-state index contributed by atoms with van der Waals surface area (Å²) in [6.45, 7) is 0.735. The molecule has 0 unspecified atom stereocenters. The van der Waals surface area contributed by atoms with Crippen LogP contribution in [0.5, 0.6) is 0 Å². The third-order valence-electron chi connectivity index (χ3n) is 3.36. The molecule has 1 aromatic carbocycles. The van der Waals surface area contributed by atoms with Gasteiger partial charge in [0.1, 0.15) is 0 Å². The number of thioether (sulfide) groups is 1. The van der Waals surface area contributed by atoms with Crippen molar-refractivity contribution in [3.05, 3.63) is 29.3 Å². The second kappa shape index (κ2) is 6.64. The zero-order valence-corrected chi connectivity index (χ0v) is 12.5. The molecule has 2 rings (SSSR count). The monoisotopic (exact) mass is 299 g/mol. The van der Waals surface area contributed by atoms with Crippen LogP contribution in [0.25, 0.3) is 0 Å². The van der Waals surface area contributed by atoms with Crippen LogP contribution >= 0.6 is 23.4 Å². The minimum atomic E-state index is -0.161. The van der Waals surface area contributed by atoms with Crippen LogP contribution in [0.4, 0.5) is 0 Å². The first kappa shape index (κ1) is 14.7. The molecule has 3 nitrogen and oxygen atoms in total. The zero-order chi connectivity index (χ0) is 13.8. The van der Waals surface area contributed by atoms with Crippen LogP contribution in [0, 0.1) is 5.92 Å². The Morgan fingerprint density at radius 2 is 2.16 bits per heavy atom. The van der Waals surface area contributed by atoms with Gasteiger partial charge in [0.2, 0.25) is 5.91 Å². The quantitative estimate of drug-likeness (QED) is 0.850. The van der Waals surface area contributed by atoms with E-state index in [-0.39, 0.29) is 12.0 Å². The molecular weight excluding hydrogens is 282 g/mol. The van der Waals surface area contributed by atoms with Gasteiger partial charge >= 0.3 is 0 Å². The minimum absolute atomic E-state index is 0.103. The van der Waals surface area contributed by atoms with Crippen molar-refractivity contribution < 1.29 is 9.90 Å². The number of carbonyl (C=O) groups is 1. The number of amides is 1. The largest absolute Gasteiger partial charge is 0.393 e. The molecule has 0 saturated heterocycles. The van der Waals surface area contributed by atoms with Crippen LogP contribution in [0.1, 0.15) is 12.8 Å². The maximum absolute atomic E-state index is 12.0. The van der Waals surface area contributed by atoms with Crippen LogP contribution in [0.3, 0.4) is 0 Å². The number of rotatable bonds is 5. The van der Waals surface area contributed by atoms with Crippen molar-refractivity contribution in [3.8, 4) is 0 Å². The fraction of sp³-hybridized carbons (Fsp3) is 0.500. The molecule has 0 aliphatic heterocycles. The predicted molar refractivity (Wildman–Crippen MR) is 78.5 cm³/mol. The number of aliphatic hydroxyl groups excluding tert-OH is 1. The minimum Gasteiger partial charge on any atom is -0.393 e.